The van der Waals surface area contributed by atoms with Crippen LogP contribution in [0, 0.1) is 6.92 Å². The summed E-state index contributed by atoms with van der Waals surface area (Å²) in [5, 5.41) is 8.11. The first-order valence-electron chi connectivity index (χ1n) is 6.81. The minimum absolute atomic E-state index is 0.0601. The van der Waals surface area contributed by atoms with Crippen molar-refractivity contribution in [2.45, 2.75) is 39.7 Å². The highest BCUT2D eigenvalue weighted by Crippen LogP contribution is 2.27. The minimum Gasteiger partial charge on any atom is -0.381 e. The second kappa shape index (κ2) is 5.60. The summed E-state index contributed by atoms with van der Waals surface area (Å²) in [7, 11) is 1.98. The minimum atomic E-state index is 0.0601. The van der Waals surface area contributed by atoms with Gasteiger partial charge in [0.2, 0.25) is 0 Å². The molecule has 0 aliphatic heterocycles. The molecule has 2 aromatic rings. The fraction of sp³-hybridized carbons (Fsp3) is 0.438. The molecule has 0 saturated heterocycles. The molecule has 4 heteroatoms. The Hall–Kier alpha value is -1.29. The van der Waals surface area contributed by atoms with Crippen LogP contribution in [0.15, 0.2) is 28.9 Å². The van der Waals surface area contributed by atoms with Crippen LogP contribution in [-0.4, -0.2) is 9.78 Å². The van der Waals surface area contributed by atoms with E-state index in [1.165, 1.54) is 11.1 Å². The molecule has 3 nitrogen and oxygen atoms in total. The Balaban J connectivity index is 2.21. The van der Waals surface area contributed by atoms with Gasteiger partial charge >= 0.3 is 0 Å². The largest absolute Gasteiger partial charge is 0.381 e. The second-order valence-corrected chi connectivity index (χ2v) is 7.05. The third kappa shape index (κ3) is 3.23. The maximum Gasteiger partial charge on any atom is 0.0727 e. The molecular formula is C16H22BrN3. The molecule has 20 heavy (non-hydrogen) atoms. The van der Waals surface area contributed by atoms with E-state index in [-0.39, 0.29) is 5.41 Å². The van der Waals surface area contributed by atoms with Crippen molar-refractivity contribution >= 4 is 21.6 Å². The van der Waals surface area contributed by atoms with Crippen LogP contribution in [0.5, 0.6) is 0 Å². The smallest absolute Gasteiger partial charge is 0.0727 e. The zero-order chi connectivity index (χ0) is 14.9. The van der Waals surface area contributed by atoms with Crippen LogP contribution in [0.3, 0.4) is 0 Å². The number of anilines is 1. The van der Waals surface area contributed by atoms with Gasteiger partial charge in [-0.2, -0.15) is 5.10 Å². The summed E-state index contributed by atoms with van der Waals surface area (Å²) in [4.78, 5) is 0. The van der Waals surface area contributed by atoms with E-state index in [1.54, 1.807) is 0 Å². The van der Waals surface area contributed by atoms with Gasteiger partial charge in [0, 0.05) is 40.9 Å². The molecule has 1 N–H and O–H groups in total. The topological polar surface area (TPSA) is 29.9 Å². The van der Waals surface area contributed by atoms with E-state index in [0.717, 1.165) is 22.4 Å². The molecule has 2 rings (SSSR count). The fourth-order valence-electron chi connectivity index (χ4n) is 2.29. The summed E-state index contributed by atoms with van der Waals surface area (Å²) in [6.45, 7) is 9.49. The molecule has 0 fully saturated rings. The first-order chi connectivity index (χ1) is 9.29. The van der Waals surface area contributed by atoms with Gasteiger partial charge < -0.3 is 5.32 Å². The van der Waals surface area contributed by atoms with Gasteiger partial charge in [-0.3, -0.25) is 4.68 Å². The van der Waals surface area contributed by atoms with Crippen molar-refractivity contribution in [1.82, 2.24) is 9.78 Å². The number of halogens is 1. The number of benzene rings is 1. The van der Waals surface area contributed by atoms with Crippen LogP contribution in [0.1, 0.15) is 37.6 Å². The van der Waals surface area contributed by atoms with Crippen LogP contribution in [-0.2, 0) is 19.0 Å². The SMILES string of the molecule is Cc1c(Br)cccc1NCc1cn(C)nc1C(C)(C)C. The molecular weight excluding hydrogens is 314 g/mol. The summed E-state index contributed by atoms with van der Waals surface area (Å²) in [6, 6.07) is 6.21. The molecule has 108 valence electrons. The first kappa shape index (κ1) is 15.1. The lowest BCUT2D eigenvalue weighted by Gasteiger charge is -2.18. The molecule has 0 bridgehead atoms. The molecule has 0 spiro atoms. The van der Waals surface area contributed by atoms with Crippen LogP contribution < -0.4 is 5.32 Å². The third-order valence-electron chi connectivity index (χ3n) is 3.35. The molecule has 1 aromatic carbocycles. The van der Waals surface area contributed by atoms with E-state index in [4.69, 9.17) is 0 Å². The van der Waals surface area contributed by atoms with E-state index in [1.807, 2.05) is 17.8 Å². The summed E-state index contributed by atoms with van der Waals surface area (Å²) < 4.78 is 3.02. The standard InChI is InChI=1S/C16H22BrN3/c1-11-13(17)7-6-8-14(11)18-9-12-10-20(5)19-15(12)16(2,3)4/h6-8,10,18H,9H2,1-5H3. The molecule has 0 atom stereocenters. The maximum absolute atomic E-state index is 4.60. The van der Waals surface area contributed by atoms with Crippen molar-refractivity contribution in [2.24, 2.45) is 7.05 Å². The number of aromatic nitrogens is 2. The van der Waals surface area contributed by atoms with Crippen LogP contribution in [0.2, 0.25) is 0 Å². The summed E-state index contributed by atoms with van der Waals surface area (Å²) in [6.07, 6.45) is 2.10. The van der Waals surface area contributed by atoms with E-state index < -0.39 is 0 Å². The van der Waals surface area contributed by atoms with Gasteiger partial charge in [0.05, 0.1) is 5.69 Å². The van der Waals surface area contributed by atoms with Crippen molar-refractivity contribution in [3.63, 3.8) is 0 Å². The lowest BCUT2D eigenvalue weighted by Crippen LogP contribution is -2.16. The van der Waals surface area contributed by atoms with Gasteiger partial charge in [0.25, 0.3) is 0 Å². The van der Waals surface area contributed by atoms with Gasteiger partial charge in [-0.15, -0.1) is 0 Å². The quantitative estimate of drug-likeness (QED) is 0.900. The second-order valence-electron chi connectivity index (χ2n) is 6.19. The molecule has 0 unspecified atom stereocenters. The molecule has 0 amide bonds. The molecule has 0 aliphatic rings. The molecule has 0 saturated carbocycles. The molecule has 1 aromatic heterocycles. The normalized spacial score (nSPS) is 11.7. The Kier molecular flexibility index (Phi) is 4.23. The highest BCUT2D eigenvalue weighted by Gasteiger charge is 2.21. The monoisotopic (exact) mass is 335 g/mol. The lowest BCUT2D eigenvalue weighted by atomic mass is 9.89. The average molecular weight is 336 g/mol. The van der Waals surface area contributed by atoms with E-state index in [2.05, 4.69) is 72.4 Å². The maximum atomic E-state index is 4.60. The van der Waals surface area contributed by atoms with Gasteiger partial charge in [-0.1, -0.05) is 42.8 Å². The van der Waals surface area contributed by atoms with E-state index in [0.29, 0.717) is 0 Å². The van der Waals surface area contributed by atoms with Crippen molar-refractivity contribution in [2.75, 3.05) is 5.32 Å². The van der Waals surface area contributed by atoms with Crippen LogP contribution in [0.4, 0.5) is 5.69 Å². The summed E-state index contributed by atoms with van der Waals surface area (Å²) >= 11 is 3.57. The molecule has 0 radical (unpaired) electrons. The Morgan fingerprint density at radius 3 is 2.65 bits per heavy atom. The van der Waals surface area contributed by atoms with Gasteiger partial charge in [-0.25, -0.2) is 0 Å². The Bertz CT molecular complexity index is 609. The van der Waals surface area contributed by atoms with Gasteiger partial charge in [-0.05, 0) is 24.6 Å². The number of nitrogens with one attached hydrogen (secondary N) is 1. The number of aryl methyl sites for hydroxylation is 1. The molecule has 1 heterocycles. The summed E-state index contributed by atoms with van der Waals surface area (Å²) in [5.41, 5.74) is 4.85. The van der Waals surface area contributed by atoms with Crippen molar-refractivity contribution in [1.29, 1.82) is 0 Å². The van der Waals surface area contributed by atoms with Crippen molar-refractivity contribution < 1.29 is 0 Å². The predicted molar refractivity (Wildman–Crippen MR) is 88.1 cm³/mol. The van der Waals surface area contributed by atoms with Crippen LogP contribution in [0.25, 0.3) is 0 Å². The first-order valence-corrected chi connectivity index (χ1v) is 7.60. The Morgan fingerprint density at radius 1 is 1.30 bits per heavy atom. The lowest BCUT2D eigenvalue weighted by molar-refractivity contribution is 0.549. The fourth-order valence-corrected chi connectivity index (χ4v) is 2.65. The van der Waals surface area contributed by atoms with Crippen molar-refractivity contribution in [3.8, 4) is 0 Å². The number of hydrogen-bond acceptors (Lipinski definition) is 2. The summed E-state index contributed by atoms with van der Waals surface area (Å²) in [5.74, 6) is 0. The highest BCUT2D eigenvalue weighted by molar-refractivity contribution is 9.10. The highest BCUT2D eigenvalue weighted by atomic mass is 79.9. The Labute approximate surface area is 129 Å². The van der Waals surface area contributed by atoms with Gasteiger partial charge in [0.1, 0.15) is 0 Å². The van der Waals surface area contributed by atoms with E-state index in [9.17, 15) is 0 Å². The number of rotatable bonds is 3. The van der Waals surface area contributed by atoms with Gasteiger partial charge in [0.15, 0.2) is 0 Å². The third-order valence-corrected chi connectivity index (χ3v) is 4.21. The van der Waals surface area contributed by atoms with Crippen molar-refractivity contribution in [3.05, 3.63) is 45.7 Å². The number of nitrogens with zero attached hydrogens (tertiary/aromatic N) is 2. The van der Waals surface area contributed by atoms with E-state index >= 15 is 0 Å². The van der Waals surface area contributed by atoms with Crippen LogP contribution >= 0.6 is 15.9 Å². The average Bonchev–Trinajstić information content (AvgIpc) is 2.72. The molecule has 0 aliphatic carbocycles. The zero-order valence-electron chi connectivity index (χ0n) is 12.8. The number of hydrogen-bond donors (Lipinski definition) is 1. The Morgan fingerprint density at radius 2 is 2.00 bits per heavy atom. The zero-order valence-corrected chi connectivity index (χ0v) is 14.4. The predicted octanol–water partition coefficient (Wildman–Crippen LogP) is 4.40.